The van der Waals surface area contributed by atoms with Gasteiger partial charge in [-0.05, 0) is 18.9 Å². The number of non-ortho nitro benzene ring substituents is 1. The van der Waals surface area contributed by atoms with E-state index in [9.17, 15) is 10.1 Å². The molecule has 0 fully saturated rings. The first-order valence-electron chi connectivity index (χ1n) is 6.57. The average molecular weight is 261 g/mol. The summed E-state index contributed by atoms with van der Waals surface area (Å²) in [6.45, 7) is 4.23. The van der Waals surface area contributed by atoms with Crippen LogP contribution in [0.2, 0.25) is 0 Å². The Bertz CT molecular complexity index is 474. The van der Waals surface area contributed by atoms with Gasteiger partial charge in [-0.25, -0.2) is 0 Å². The van der Waals surface area contributed by atoms with Crippen LogP contribution >= 0.6 is 0 Å². The summed E-state index contributed by atoms with van der Waals surface area (Å²) < 4.78 is 0. The van der Waals surface area contributed by atoms with Gasteiger partial charge in [-0.2, -0.15) is 5.26 Å². The minimum atomic E-state index is -0.486. The fourth-order valence-electron chi connectivity index (χ4n) is 2.07. The molecule has 0 amide bonds. The molecule has 1 aromatic carbocycles. The van der Waals surface area contributed by atoms with Crippen LogP contribution < -0.4 is 5.32 Å². The maximum Gasteiger partial charge on any atom is 0.270 e. The topological polar surface area (TPSA) is 79.0 Å². The molecule has 0 saturated carbocycles. The Balaban J connectivity index is 2.93. The fourth-order valence-corrected chi connectivity index (χ4v) is 2.07. The number of nitriles is 1. The molecule has 0 saturated heterocycles. The zero-order valence-corrected chi connectivity index (χ0v) is 11.3. The van der Waals surface area contributed by atoms with E-state index in [-0.39, 0.29) is 5.69 Å². The molecule has 0 radical (unpaired) electrons. The van der Waals surface area contributed by atoms with Gasteiger partial charge < -0.3 is 5.32 Å². The van der Waals surface area contributed by atoms with Crippen molar-refractivity contribution in [2.24, 2.45) is 0 Å². The van der Waals surface area contributed by atoms with Gasteiger partial charge in [-0.1, -0.05) is 26.7 Å². The first-order chi connectivity index (χ1) is 9.12. The zero-order valence-electron chi connectivity index (χ0n) is 11.3. The molecule has 0 heterocycles. The molecule has 0 unspecified atom stereocenters. The zero-order chi connectivity index (χ0) is 14.3. The van der Waals surface area contributed by atoms with E-state index in [4.69, 9.17) is 5.26 Å². The summed E-state index contributed by atoms with van der Waals surface area (Å²) in [4.78, 5) is 10.2. The van der Waals surface area contributed by atoms with E-state index in [2.05, 4.69) is 19.2 Å². The van der Waals surface area contributed by atoms with Gasteiger partial charge >= 0.3 is 0 Å². The Morgan fingerprint density at radius 2 is 2.00 bits per heavy atom. The van der Waals surface area contributed by atoms with E-state index in [1.54, 1.807) is 6.07 Å². The Morgan fingerprint density at radius 3 is 2.47 bits per heavy atom. The van der Waals surface area contributed by atoms with Gasteiger partial charge in [0.15, 0.2) is 0 Å². The first-order valence-corrected chi connectivity index (χ1v) is 6.57. The highest BCUT2D eigenvalue weighted by Gasteiger charge is 2.13. The molecule has 1 N–H and O–H groups in total. The lowest BCUT2D eigenvalue weighted by Crippen LogP contribution is -2.19. The van der Waals surface area contributed by atoms with Crippen molar-refractivity contribution in [1.82, 2.24) is 0 Å². The second-order valence-electron chi connectivity index (χ2n) is 4.52. The van der Waals surface area contributed by atoms with Crippen LogP contribution in [0.5, 0.6) is 0 Å². The summed E-state index contributed by atoms with van der Waals surface area (Å²) in [5.41, 5.74) is 0.955. The highest BCUT2D eigenvalue weighted by atomic mass is 16.6. The summed E-state index contributed by atoms with van der Waals surface area (Å²) in [5, 5.41) is 23.1. The van der Waals surface area contributed by atoms with Crippen molar-refractivity contribution < 1.29 is 4.92 Å². The number of nitro groups is 1. The third-order valence-electron chi connectivity index (χ3n) is 2.97. The normalized spacial score (nSPS) is 10.2. The van der Waals surface area contributed by atoms with E-state index in [0.29, 0.717) is 17.3 Å². The number of rotatable bonds is 7. The van der Waals surface area contributed by atoms with E-state index >= 15 is 0 Å². The molecule has 19 heavy (non-hydrogen) atoms. The van der Waals surface area contributed by atoms with Crippen molar-refractivity contribution in [3.8, 4) is 6.07 Å². The Kier molecular flexibility index (Phi) is 5.80. The number of hydrogen-bond donors (Lipinski definition) is 1. The summed E-state index contributed by atoms with van der Waals surface area (Å²) in [7, 11) is 0. The van der Waals surface area contributed by atoms with Crippen LogP contribution in [0.15, 0.2) is 18.2 Å². The molecule has 0 aromatic heterocycles. The molecule has 0 aliphatic heterocycles. The molecule has 0 aliphatic carbocycles. The van der Waals surface area contributed by atoms with E-state index in [1.807, 2.05) is 6.07 Å². The molecule has 0 aliphatic rings. The molecule has 102 valence electrons. The first kappa shape index (κ1) is 15.0. The highest BCUT2D eigenvalue weighted by Crippen LogP contribution is 2.23. The Labute approximate surface area is 113 Å². The van der Waals surface area contributed by atoms with Crippen molar-refractivity contribution in [2.75, 3.05) is 5.32 Å². The smallest absolute Gasteiger partial charge is 0.270 e. The molecular formula is C14H19N3O2. The van der Waals surface area contributed by atoms with Gasteiger partial charge in [-0.3, -0.25) is 10.1 Å². The third-order valence-corrected chi connectivity index (χ3v) is 2.97. The number of nitro benzene ring substituents is 1. The van der Waals surface area contributed by atoms with Crippen LogP contribution in [0.4, 0.5) is 11.4 Å². The van der Waals surface area contributed by atoms with Gasteiger partial charge in [0.05, 0.1) is 16.2 Å². The average Bonchev–Trinajstić information content (AvgIpc) is 2.39. The molecule has 5 heteroatoms. The van der Waals surface area contributed by atoms with Crippen molar-refractivity contribution in [3.05, 3.63) is 33.9 Å². The summed E-state index contributed by atoms with van der Waals surface area (Å²) in [5.74, 6) is 0. The molecule has 5 nitrogen and oxygen atoms in total. The van der Waals surface area contributed by atoms with Crippen LogP contribution in [0.3, 0.4) is 0 Å². The van der Waals surface area contributed by atoms with Crippen molar-refractivity contribution >= 4 is 11.4 Å². The van der Waals surface area contributed by atoms with Crippen molar-refractivity contribution in [3.63, 3.8) is 0 Å². The van der Waals surface area contributed by atoms with Crippen LogP contribution in [0, 0.1) is 21.4 Å². The number of nitrogens with zero attached hydrogens (tertiary/aromatic N) is 2. The quantitative estimate of drug-likeness (QED) is 0.597. The summed E-state index contributed by atoms with van der Waals surface area (Å²) >= 11 is 0. The lowest BCUT2D eigenvalue weighted by molar-refractivity contribution is -0.384. The van der Waals surface area contributed by atoms with E-state index < -0.39 is 4.92 Å². The SMILES string of the molecule is CCCC(CCC)Nc1ccc([N+](=O)[O-])cc1C#N. The standard InChI is InChI=1S/C14H19N3O2/c1-3-5-12(6-4-2)16-14-8-7-13(17(18)19)9-11(14)10-15/h7-9,12,16H,3-6H2,1-2H3. The number of hydrogen-bond acceptors (Lipinski definition) is 4. The Hall–Kier alpha value is -2.09. The van der Waals surface area contributed by atoms with Crippen molar-refractivity contribution in [2.45, 2.75) is 45.6 Å². The predicted octanol–water partition coefficient (Wildman–Crippen LogP) is 3.85. The molecular weight excluding hydrogens is 242 g/mol. The van der Waals surface area contributed by atoms with Gasteiger partial charge in [0.2, 0.25) is 0 Å². The van der Waals surface area contributed by atoms with Crippen LogP contribution in [0.1, 0.15) is 45.1 Å². The molecule has 0 atom stereocenters. The molecule has 1 aromatic rings. The van der Waals surface area contributed by atoms with Gasteiger partial charge in [0.25, 0.3) is 5.69 Å². The molecule has 0 spiro atoms. The lowest BCUT2D eigenvalue weighted by atomic mass is 10.1. The highest BCUT2D eigenvalue weighted by molar-refractivity contribution is 5.61. The molecule has 0 bridgehead atoms. The number of nitrogens with one attached hydrogen (secondary N) is 1. The van der Waals surface area contributed by atoms with Gasteiger partial charge in [0.1, 0.15) is 6.07 Å². The predicted molar refractivity (Wildman–Crippen MR) is 75.0 cm³/mol. The minimum absolute atomic E-state index is 0.0513. The van der Waals surface area contributed by atoms with Crippen LogP contribution in [0.25, 0.3) is 0 Å². The lowest BCUT2D eigenvalue weighted by Gasteiger charge is -2.19. The fraction of sp³-hybridized carbons (Fsp3) is 0.500. The van der Waals surface area contributed by atoms with Crippen LogP contribution in [-0.4, -0.2) is 11.0 Å². The largest absolute Gasteiger partial charge is 0.381 e. The van der Waals surface area contributed by atoms with Gasteiger partial charge in [0, 0.05) is 18.2 Å². The Morgan fingerprint density at radius 1 is 1.37 bits per heavy atom. The van der Waals surface area contributed by atoms with Crippen molar-refractivity contribution in [1.29, 1.82) is 5.26 Å². The third kappa shape index (κ3) is 4.25. The van der Waals surface area contributed by atoms with Gasteiger partial charge in [-0.15, -0.1) is 0 Å². The maximum atomic E-state index is 10.7. The summed E-state index contributed by atoms with van der Waals surface area (Å²) in [6, 6.07) is 6.69. The number of benzene rings is 1. The second-order valence-corrected chi connectivity index (χ2v) is 4.52. The second kappa shape index (κ2) is 7.37. The number of anilines is 1. The van der Waals surface area contributed by atoms with E-state index in [0.717, 1.165) is 25.7 Å². The van der Waals surface area contributed by atoms with E-state index in [1.165, 1.54) is 12.1 Å². The monoisotopic (exact) mass is 261 g/mol. The molecule has 1 rings (SSSR count). The maximum absolute atomic E-state index is 10.7. The summed E-state index contributed by atoms with van der Waals surface area (Å²) in [6.07, 6.45) is 4.17. The van der Waals surface area contributed by atoms with Crippen LogP contribution in [-0.2, 0) is 0 Å². The minimum Gasteiger partial charge on any atom is -0.381 e.